The highest BCUT2D eigenvalue weighted by Gasteiger charge is 2.61. The quantitative estimate of drug-likeness (QED) is 0.746. The van der Waals surface area contributed by atoms with Crippen molar-refractivity contribution in [3.8, 4) is 5.75 Å². The van der Waals surface area contributed by atoms with Crippen molar-refractivity contribution in [3.05, 3.63) is 58.7 Å². The van der Waals surface area contributed by atoms with Crippen LogP contribution < -0.4 is 15.0 Å². The Balaban J connectivity index is 1.80. The number of nitrogens with one attached hydrogen (secondary N) is 1. The molecular weight excluding hydrogens is 440 g/mol. The lowest BCUT2D eigenvalue weighted by Gasteiger charge is -2.29. The molecule has 0 bridgehead atoms. The SMILES string of the molecule is CCOc1ccc(CN2C(=O)[C@]3(SC(NC(C)=O)=NN3C(C)=O)c3cc(C)cc(C)c32)cc1. The van der Waals surface area contributed by atoms with Crippen molar-refractivity contribution in [2.24, 2.45) is 5.10 Å². The number of hydrazone groups is 1. The van der Waals surface area contributed by atoms with Gasteiger partial charge in [-0.15, -0.1) is 5.10 Å². The Labute approximate surface area is 197 Å². The van der Waals surface area contributed by atoms with E-state index in [9.17, 15) is 14.4 Å². The van der Waals surface area contributed by atoms with Crippen molar-refractivity contribution < 1.29 is 19.1 Å². The van der Waals surface area contributed by atoms with E-state index in [0.717, 1.165) is 39.9 Å². The fourth-order valence-corrected chi connectivity index (χ4v) is 5.64. The number of rotatable bonds is 4. The topological polar surface area (TPSA) is 91.3 Å². The zero-order valence-electron chi connectivity index (χ0n) is 19.3. The van der Waals surface area contributed by atoms with Gasteiger partial charge in [0, 0.05) is 19.4 Å². The highest BCUT2D eigenvalue weighted by atomic mass is 32.2. The maximum Gasteiger partial charge on any atom is 0.271 e. The number of benzene rings is 2. The molecule has 1 atom stereocenters. The largest absolute Gasteiger partial charge is 0.494 e. The molecule has 0 radical (unpaired) electrons. The molecule has 0 aromatic heterocycles. The van der Waals surface area contributed by atoms with Crippen LogP contribution in [-0.2, 0) is 25.8 Å². The minimum absolute atomic E-state index is 0.221. The second-order valence-corrected chi connectivity index (χ2v) is 9.29. The second kappa shape index (κ2) is 8.55. The number of nitrogens with zero attached hydrogens (tertiary/aromatic N) is 3. The number of hydrogen-bond donors (Lipinski definition) is 1. The van der Waals surface area contributed by atoms with Crippen molar-refractivity contribution in [1.82, 2.24) is 10.3 Å². The van der Waals surface area contributed by atoms with Gasteiger partial charge in [-0.05, 0) is 55.8 Å². The summed E-state index contributed by atoms with van der Waals surface area (Å²) in [5, 5.41) is 8.37. The summed E-state index contributed by atoms with van der Waals surface area (Å²) in [6, 6.07) is 11.5. The maximum absolute atomic E-state index is 14.1. The molecule has 0 aliphatic carbocycles. The Kier molecular flexibility index (Phi) is 5.92. The molecule has 2 heterocycles. The van der Waals surface area contributed by atoms with Crippen molar-refractivity contribution in [2.45, 2.75) is 46.0 Å². The van der Waals surface area contributed by atoms with Gasteiger partial charge in [0.25, 0.3) is 5.91 Å². The van der Waals surface area contributed by atoms with Gasteiger partial charge in [0.15, 0.2) is 5.17 Å². The summed E-state index contributed by atoms with van der Waals surface area (Å²) in [5.41, 5.74) is 4.28. The van der Waals surface area contributed by atoms with Crippen LogP contribution in [0.4, 0.5) is 5.69 Å². The Hall–Kier alpha value is -3.33. The molecule has 0 fully saturated rings. The van der Waals surface area contributed by atoms with Crippen LogP contribution in [0.2, 0.25) is 0 Å². The number of carbonyl (C=O) groups excluding carboxylic acids is 3. The summed E-state index contributed by atoms with van der Waals surface area (Å²) < 4.78 is 5.52. The van der Waals surface area contributed by atoms with E-state index in [1.165, 1.54) is 18.9 Å². The number of ether oxygens (including phenoxy) is 1. The van der Waals surface area contributed by atoms with Crippen LogP contribution in [-0.4, -0.2) is 34.5 Å². The maximum atomic E-state index is 14.1. The molecule has 8 nitrogen and oxygen atoms in total. The van der Waals surface area contributed by atoms with E-state index in [-0.39, 0.29) is 22.9 Å². The smallest absolute Gasteiger partial charge is 0.271 e. The summed E-state index contributed by atoms with van der Waals surface area (Å²) in [4.78, 5) is 38.7. The summed E-state index contributed by atoms with van der Waals surface area (Å²) in [6.45, 7) is 9.47. The summed E-state index contributed by atoms with van der Waals surface area (Å²) >= 11 is 1.09. The van der Waals surface area contributed by atoms with Gasteiger partial charge >= 0.3 is 0 Å². The number of anilines is 1. The normalized spacial score (nSPS) is 19.1. The zero-order chi connectivity index (χ0) is 23.9. The first-order chi connectivity index (χ1) is 15.7. The van der Waals surface area contributed by atoms with Crippen molar-refractivity contribution in [3.63, 3.8) is 0 Å². The van der Waals surface area contributed by atoms with Crippen LogP contribution in [0.1, 0.15) is 43.0 Å². The summed E-state index contributed by atoms with van der Waals surface area (Å²) in [6.07, 6.45) is 0. The molecule has 2 aromatic carbocycles. The summed E-state index contributed by atoms with van der Waals surface area (Å²) in [7, 11) is 0. The first-order valence-corrected chi connectivity index (χ1v) is 11.5. The van der Waals surface area contributed by atoms with Gasteiger partial charge in [-0.1, -0.05) is 29.8 Å². The highest BCUT2D eigenvalue weighted by molar-refractivity contribution is 8.15. The van der Waals surface area contributed by atoms with Gasteiger partial charge in [0.2, 0.25) is 16.7 Å². The lowest BCUT2D eigenvalue weighted by Crippen LogP contribution is -2.48. The molecule has 2 aliphatic heterocycles. The lowest BCUT2D eigenvalue weighted by atomic mass is 10.0. The predicted octanol–water partition coefficient (Wildman–Crippen LogP) is 3.40. The zero-order valence-corrected chi connectivity index (χ0v) is 20.1. The van der Waals surface area contributed by atoms with Crippen LogP contribution >= 0.6 is 11.8 Å². The van der Waals surface area contributed by atoms with Crippen LogP contribution in [0.25, 0.3) is 0 Å². The number of fused-ring (bicyclic) bond motifs is 2. The number of hydrogen-bond acceptors (Lipinski definition) is 6. The van der Waals surface area contributed by atoms with E-state index in [2.05, 4.69) is 10.4 Å². The van der Waals surface area contributed by atoms with Gasteiger partial charge in [-0.2, -0.15) is 5.01 Å². The van der Waals surface area contributed by atoms with E-state index in [1.54, 1.807) is 4.90 Å². The first-order valence-electron chi connectivity index (χ1n) is 10.7. The molecule has 9 heteroatoms. The van der Waals surface area contributed by atoms with E-state index >= 15 is 0 Å². The Morgan fingerprint density at radius 1 is 1.15 bits per heavy atom. The van der Waals surface area contributed by atoms with E-state index < -0.39 is 4.87 Å². The number of aryl methyl sites for hydroxylation is 2. The average molecular weight is 467 g/mol. The second-order valence-electron chi connectivity index (χ2n) is 8.11. The molecule has 4 rings (SSSR count). The van der Waals surface area contributed by atoms with Gasteiger partial charge in [-0.3, -0.25) is 14.4 Å². The van der Waals surface area contributed by atoms with E-state index in [0.29, 0.717) is 18.7 Å². The molecule has 3 amide bonds. The summed E-state index contributed by atoms with van der Waals surface area (Å²) in [5.74, 6) is -0.215. The van der Waals surface area contributed by atoms with Crippen LogP contribution in [0.15, 0.2) is 41.5 Å². The molecule has 172 valence electrons. The Morgan fingerprint density at radius 3 is 2.45 bits per heavy atom. The van der Waals surface area contributed by atoms with E-state index in [1.807, 2.05) is 57.2 Å². The minimum atomic E-state index is -1.40. The monoisotopic (exact) mass is 466 g/mol. The third kappa shape index (κ3) is 3.86. The molecule has 1 N–H and O–H groups in total. The van der Waals surface area contributed by atoms with Crippen molar-refractivity contribution in [1.29, 1.82) is 0 Å². The van der Waals surface area contributed by atoms with E-state index in [4.69, 9.17) is 4.74 Å². The molecule has 0 saturated heterocycles. The fourth-order valence-electron chi connectivity index (χ4n) is 4.33. The molecule has 2 aromatic rings. The number of carbonyl (C=O) groups is 3. The van der Waals surface area contributed by atoms with Crippen LogP contribution in [0.5, 0.6) is 5.75 Å². The number of amides is 3. The molecule has 0 unspecified atom stereocenters. The van der Waals surface area contributed by atoms with Crippen LogP contribution in [0.3, 0.4) is 0 Å². The number of thioether (sulfide) groups is 1. The minimum Gasteiger partial charge on any atom is -0.494 e. The Morgan fingerprint density at radius 2 is 1.85 bits per heavy atom. The lowest BCUT2D eigenvalue weighted by molar-refractivity contribution is -0.139. The first kappa shape index (κ1) is 22.8. The molecule has 33 heavy (non-hydrogen) atoms. The van der Waals surface area contributed by atoms with Crippen LogP contribution in [0, 0.1) is 13.8 Å². The molecule has 2 aliphatic rings. The standard InChI is InChI=1S/C24H26N4O4S/c1-6-32-19-9-7-18(8-10-19)13-27-21-15(3)11-14(2)12-20(21)24(22(27)31)28(17(5)30)26-23(33-24)25-16(4)29/h7-12H,6,13H2,1-5H3,(H,25,26,29)/t24-/m1/s1. The molecule has 0 saturated carbocycles. The van der Waals surface area contributed by atoms with Gasteiger partial charge in [0.1, 0.15) is 5.75 Å². The fraction of sp³-hybridized carbons (Fsp3) is 0.333. The molecule has 1 spiro atoms. The number of amidine groups is 1. The average Bonchev–Trinajstić information content (AvgIpc) is 3.22. The van der Waals surface area contributed by atoms with Gasteiger partial charge < -0.3 is 15.0 Å². The Bertz CT molecular complexity index is 1180. The van der Waals surface area contributed by atoms with Gasteiger partial charge in [0.05, 0.1) is 18.8 Å². The molecular formula is C24H26N4O4S. The predicted molar refractivity (Wildman–Crippen MR) is 128 cm³/mol. The van der Waals surface area contributed by atoms with Crippen molar-refractivity contribution >= 4 is 40.3 Å². The van der Waals surface area contributed by atoms with Gasteiger partial charge in [-0.25, -0.2) is 0 Å². The van der Waals surface area contributed by atoms with Crippen molar-refractivity contribution in [2.75, 3.05) is 11.5 Å². The third-order valence-corrected chi connectivity index (χ3v) is 6.74. The highest BCUT2D eigenvalue weighted by Crippen LogP contribution is 2.55. The third-order valence-electron chi connectivity index (χ3n) is 5.50.